The van der Waals surface area contributed by atoms with E-state index in [9.17, 15) is 0 Å². The first-order chi connectivity index (χ1) is 9.83. The summed E-state index contributed by atoms with van der Waals surface area (Å²) >= 11 is 0. The highest BCUT2D eigenvalue weighted by Crippen LogP contribution is 2.27. The topological polar surface area (TPSA) is 52.0 Å². The zero-order valence-electron chi connectivity index (χ0n) is 12.0. The van der Waals surface area contributed by atoms with Crippen LogP contribution in [0.25, 0.3) is 11.4 Å². The van der Waals surface area contributed by atoms with Gasteiger partial charge in [0.05, 0.1) is 13.2 Å². The van der Waals surface area contributed by atoms with Gasteiger partial charge in [-0.1, -0.05) is 25.5 Å². The molecule has 5 nitrogen and oxygen atoms in total. The molecule has 0 saturated heterocycles. The van der Waals surface area contributed by atoms with Crippen molar-refractivity contribution in [3.8, 4) is 17.1 Å². The standard InChI is InChI=1S/C15H20N4O/c1-3-5-13-15-18-17-14(19(15)9-8-16-13)11-6-4-7-12(10-11)20-2/h4,6-7,10,13,16H,3,5,8-9H2,1-2H3. The molecule has 1 aliphatic heterocycles. The third kappa shape index (κ3) is 2.29. The van der Waals surface area contributed by atoms with Crippen LogP contribution in [0.1, 0.15) is 31.6 Å². The van der Waals surface area contributed by atoms with Gasteiger partial charge in [-0.3, -0.25) is 0 Å². The molecule has 1 aromatic heterocycles. The molecule has 0 bridgehead atoms. The monoisotopic (exact) mass is 272 g/mol. The molecule has 2 aromatic rings. The maximum Gasteiger partial charge on any atom is 0.164 e. The van der Waals surface area contributed by atoms with Gasteiger partial charge in [0, 0.05) is 18.7 Å². The Morgan fingerprint density at radius 3 is 3.10 bits per heavy atom. The van der Waals surface area contributed by atoms with E-state index in [-0.39, 0.29) is 0 Å². The minimum Gasteiger partial charge on any atom is -0.497 e. The van der Waals surface area contributed by atoms with Crippen molar-refractivity contribution in [2.75, 3.05) is 13.7 Å². The molecule has 106 valence electrons. The fraction of sp³-hybridized carbons (Fsp3) is 0.467. The van der Waals surface area contributed by atoms with Crippen LogP contribution in [-0.4, -0.2) is 28.4 Å². The van der Waals surface area contributed by atoms with E-state index >= 15 is 0 Å². The third-order valence-corrected chi connectivity index (χ3v) is 3.72. The Bertz CT molecular complexity index is 593. The molecule has 0 amide bonds. The van der Waals surface area contributed by atoms with E-state index in [0.29, 0.717) is 6.04 Å². The number of hydrogen-bond donors (Lipinski definition) is 1. The Hall–Kier alpha value is -1.88. The Kier molecular flexibility index (Phi) is 3.69. The van der Waals surface area contributed by atoms with Gasteiger partial charge in [-0.05, 0) is 18.6 Å². The SMILES string of the molecule is CCCC1NCCn2c(-c3cccc(OC)c3)nnc21. The number of fused-ring (bicyclic) bond motifs is 1. The first-order valence-corrected chi connectivity index (χ1v) is 7.14. The van der Waals surface area contributed by atoms with E-state index in [1.165, 1.54) is 0 Å². The number of benzene rings is 1. The summed E-state index contributed by atoms with van der Waals surface area (Å²) in [6.07, 6.45) is 2.23. The van der Waals surface area contributed by atoms with E-state index in [1.807, 2.05) is 18.2 Å². The Morgan fingerprint density at radius 1 is 1.40 bits per heavy atom. The molecule has 0 spiro atoms. The van der Waals surface area contributed by atoms with Crippen LogP contribution in [0.4, 0.5) is 0 Å². The lowest BCUT2D eigenvalue weighted by atomic mass is 10.1. The lowest BCUT2D eigenvalue weighted by molar-refractivity contribution is 0.394. The van der Waals surface area contributed by atoms with Crippen molar-refractivity contribution in [2.45, 2.75) is 32.4 Å². The molecule has 5 heteroatoms. The summed E-state index contributed by atoms with van der Waals surface area (Å²) in [4.78, 5) is 0. The minimum absolute atomic E-state index is 0.320. The third-order valence-electron chi connectivity index (χ3n) is 3.72. The summed E-state index contributed by atoms with van der Waals surface area (Å²) < 4.78 is 7.51. The molecule has 1 atom stereocenters. The van der Waals surface area contributed by atoms with Crippen molar-refractivity contribution in [1.82, 2.24) is 20.1 Å². The van der Waals surface area contributed by atoms with E-state index in [0.717, 1.165) is 48.9 Å². The fourth-order valence-corrected chi connectivity index (χ4v) is 2.73. The first kappa shape index (κ1) is 13.1. The van der Waals surface area contributed by atoms with Crippen LogP contribution in [-0.2, 0) is 6.54 Å². The predicted molar refractivity (Wildman–Crippen MR) is 77.7 cm³/mol. The molecular formula is C15H20N4O. The number of hydrogen-bond acceptors (Lipinski definition) is 4. The molecule has 0 aliphatic carbocycles. The molecular weight excluding hydrogens is 252 g/mol. The molecule has 0 fully saturated rings. The number of nitrogens with one attached hydrogen (secondary N) is 1. The van der Waals surface area contributed by atoms with E-state index in [4.69, 9.17) is 4.74 Å². The van der Waals surface area contributed by atoms with Crippen LogP contribution < -0.4 is 10.1 Å². The van der Waals surface area contributed by atoms with Crippen LogP contribution in [0.2, 0.25) is 0 Å². The van der Waals surface area contributed by atoms with Crippen LogP contribution in [0.3, 0.4) is 0 Å². The maximum atomic E-state index is 5.29. The lowest BCUT2D eigenvalue weighted by Gasteiger charge is -2.24. The smallest absolute Gasteiger partial charge is 0.164 e. The van der Waals surface area contributed by atoms with Gasteiger partial charge in [0.25, 0.3) is 0 Å². The Morgan fingerprint density at radius 2 is 2.30 bits per heavy atom. The van der Waals surface area contributed by atoms with E-state index in [1.54, 1.807) is 7.11 Å². The summed E-state index contributed by atoms with van der Waals surface area (Å²) in [5.41, 5.74) is 1.06. The van der Waals surface area contributed by atoms with Crippen molar-refractivity contribution in [3.63, 3.8) is 0 Å². The van der Waals surface area contributed by atoms with Gasteiger partial charge in [0.1, 0.15) is 5.75 Å². The second-order valence-electron chi connectivity index (χ2n) is 5.06. The first-order valence-electron chi connectivity index (χ1n) is 7.14. The summed E-state index contributed by atoms with van der Waals surface area (Å²) in [6.45, 7) is 4.07. The average Bonchev–Trinajstić information content (AvgIpc) is 2.93. The number of rotatable bonds is 4. The Labute approximate surface area is 119 Å². The molecule has 1 aliphatic rings. The van der Waals surface area contributed by atoms with Gasteiger partial charge in [-0.25, -0.2) is 0 Å². The second-order valence-corrected chi connectivity index (χ2v) is 5.06. The summed E-state index contributed by atoms with van der Waals surface area (Å²) in [5, 5.41) is 12.3. The van der Waals surface area contributed by atoms with Crippen LogP contribution in [0.5, 0.6) is 5.75 Å². The van der Waals surface area contributed by atoms with Crippen LogP contribution in [0.15, 0.2) is 24.3 Å². The number of ether oxygens (including phenoxy) is 1. The predicted octanol–water partition coefficient (Wildman–Crippen LogP) is 2.40. The zero-order chi connectivity index (χ0) is 13.9. The van der Waals surface area contributed by atoms with Crippen molar-refractivity contribution in [1.29, 1.82) is 0 Å². The highest BCUT2D eigenvalue weighted by atomic mass is 16.5. The molecule has 1 unspecified atom stereocenters. The van der Waals surface area contributed by atoms with Gasteiger partial charge in [0.15, 0.2) is 11.6 Å². The van der Waals surface area contributed by atoms with Gasteiger partial charge in [-0.2, -0.15) is 0 Å². The summed E-state index contributed by atoms with van der Waals surface area (Å²) in [5.74, 6) is 2.83. The van der Waals surface area contributed by atoms with Gasteiger partial charge in [0.2, 0.25) is 0 Å². The molecule has 2 heterocycles. The molecule has 1 aromatic carbocycles. The molecule has 20 heavy (non-hydrogen) atoms. The van der Waals surface area contributed by atoms with Crippen molar-refractivity contribution in [3.05, 3.63) is 30.1 Å². The molecule has 3 rings (SSSR count). The molecule has 1 N–H and O–H groups in total. The highest BCUT2D eigenvalue weighted by Gasteiger charge is 2.24. The quantitative estimate of drug-likeness (QED) is 0.928. The van der Waals surface area contributed by atoms with Gasteiger partial charge < -0.3 is 14.6 Å². The van der Waals surface area contributed by atoms with E-state index in [2.05, 4.69) is 33.1 Å². The summed E-state index contributed by atoms with van der Waals surface area (Å²) in [7, 11) is 1.68. The fourth-order valence-electron chi connectivity index (χ4n) is 2.73. The van der Waals surface area contributed by atoms with Crippen LogP contribution >= 0.6 is 0 Å². The van der Waals surface area contributed by atoms with Gasteiger partial charge >= 0.3 is 0 Å². The molecule has 0 saturated carbocycles. The Balaban J connectivity index is 1.99. The minimum atomic E-state index is 0.320. The molecule has 0 radical (unpaired) electrons. The second kappa shape index (κ2) is 5.63. The number of aromatic nitrogens is 3. The maximum absolute atomic E-state index is 5.29. The normalized spacial score (nSPS) is 17.8. The highest BCUT2D eigenvalue weighted by molar-refractivity contribution is 5.58. The van der Waals surface area contributed by atoms with Crippen LogP contribution in [0, 0.1) is 0 Å². The summed E-state index contributed by atoms with van der Waals surface area (Å²) in [6, 6.07) is 8.31. The lowest BCUT2D eigenvalue weighted by Crippen LogP contribution is -2.33. The van der Waals surface area contributed by atoms with Crippen molar-refractivity contribution >= 4 is 0 Å². The van der Waals surface area contributed by atoms with E-state index < -0.39 is 0 Å². The van der Waals surface area contributed by atoms with Crippen molar-refractivity contribution in [2.24, 2.45) is 0 Å². The number of methoxy groups -OCH3 is 1. The zero-order valence-corrected chi connectivity index (χ0v) is 12.0. The largest absolute Gasteiger partial charge is 0.497 e. The number of nitrogens with zero attached hydrogens (tertiary/aromatic N) is 3. The average molecular weight is 272 g/mol. The van der Waals surface area contributed by atoms with Crippen molar-refractivity contribution < 1.29 is 4.74 Å². The van der Waals surface area contributed by atoms with Gasteiger partial charge in [-0.15, -0.1) is 10.2 Å².